The normalized spacial score (nSPS) is 10.6. The molecule has 0 atom stereocenters. The van der Waals surface area contributed by atoms with Crippen LogP contribution in [0.2, 0.25) is 15.2 Å². The SMILES string of the molecule is CCOCc1nc(Cl)cc(Oc2ccc(Cl)c(Cl)c2)n1. The van der Waals surface area contributed by atoms with Crippen LogP contribution in [0.25, 0.3) is 0 Å². The van der Waals surface area contributed by atoms with Crippen molar-refractivity contribution in [1.29, 1.82) is 0 Å². The molecule has 20 heavy (non-hydrogen) atoms. The van der Waals surface area contributed by atoms with Gasteiger partial charge in [-0.15, -0.1) is 0 Å². The molecule has 106 valence electrons. The Kier molecular flexibility index (Phi) is 5.43. The summed E-state index contributed by atoms with van der Waals surface area (Å²) in [5.41, 5.74) is 0. The Bertz CT molecular complexity index is 608. The molecule has 0 amide bonds. The fourth-order valence-corrected chi connectivity index (χ4v) is 1.89. The lowest BCUT2D eigenvalue weighted by molar-refractivity contribution is 0.128. The highest BCUT2D eigenvalue weighted by Gasteiger charge is 2.07. The molecule has 0 N–H and O–H groups in total. The zero-order chi connectivity index (χ0) is 14.5. The summed E-state index contributed by atoms with van der Waals surface area (Å²) >= 11 is 17.7. The maximum Gasteiger partial charge on any atom is 0.224 e. The predicted octanol–water partition coefficient (Wildman–Crippen LogP) is 4.77. The molecule has 0 unspecified atom stereocenters. The zero-order valence-corrected chi connectivity index (χ0v) is 12.8. The number of hydrogen-bond donors (Lipinski definition) is 0. The summed E-state index contributed by atoms with van der Waals surface area (Å²) in [5, 5.41) is 1.14. The van der Waals surface area contributed by atoms with E-state index in [4.69, 9.17) is 44.3 Å². The Morgan fingerprint density at radius 3 is 2.55 bits per heavy atom. The van der Waals surface area contributed by atoms with Crippen LogP contribution in [0.5, 0.6) is 11.6 Å². The lowest BCUT2D eigenvalue weighted by Crippen LogP contribution is -2.01. The molecule has 0 bridgehead atoms. The molecular formula is C13H11Cl3N2O2. The largest absolute Gasteiger partial charge is 0.439 e. The van der Waals surface area contributed by atoms with E-state index < -0.39 is 0 Å². The first-order valence-corrected chi connectivity index (χ1v) is 6.96. The lowest BCUT2D eigenvalue weighted by atomic mass is 10.3. The Morgan fingerprint density at radius 2 is 1.85 bits per heavy atom. The molecule has 0 spiro atoms. The van der Waals surface area contributed by atoms with Gasteiger partial charge in [-0.2, -0.15) is 4.98 Å². The van der Waals surface area contributed by atoms with E-state index in [9.17, 15) is 0 Å². The summed E-state index contributed by atoms with van der Waals surface area (Å²) in [6, 6.07) is 6.44. The third-order valence-corrected chi connectivity index (χ3v) is 3.20. The van der Waals surface area contributed by atoms with E-state index in [0.29, 0.717) is 34.1 Å². The van der Waals surface area contributed by atoms with Crippen molar-refractivity contribution in [3.8, 4) is 11.6 Å². The van der Waals surface area contributed by atoms with Crippen molar-refractivity contribution >= 4 is 34.8 Å². The molecule has 0 aliphatic heterocycles. The van der Waals surface area contributed by atoms with E-state index in [2.05, 4.69) is 9.97 Å². The van der Waals surface area contributed by atoms with E-state index in [1.54, 1.807) is 18.2 Å². The number of aromatic nitrogens is 2. The molecule has 1 aromatic heterocycles. The van der Waals surface area contributed by atoms with Gasteiger partial charge >= 0.3 is 0 Å². The van der Waals surface area contributed by atoms with E-state index in [1.165, 1.54) is 6.07 Å². The van der Waals surface area contributed by atoms with Crippen molar-refractivity contribution < 1.29 is 9.47 Å². The number of benzene rings is 1. The number of halogens is 3. The molecule has 1 aromatic carbocycles. The van der Waals surface area contributed by atoms with Gasteiger partial charge in [0.25, 0.3) is 0 Å². The van der Waals surface area contributed by atoms with Crippen molar-refractivity contribution in [1.82, 2.24) is 9.97 Å². The van der Waals surface area contributed by atoms with Gasteiger partial charge in [0.15, 0.2) is 5.82 Å². The van der Waals surface area contributed by atoms with Gasteiger partial charge < -0.3 is 9.47 Å². The minimum absolute atomic E-state index is 0.273. The summed E-state index contributed by atoms with van der Waals surface area (Å²) in [6.45, 7) is 2.73. The Hall–Kier alpha value is -1.07. The molecule has 7 heteroatoms. The first-order chi connectivity index (χ1) is 9.58. The minimum atomic E-state index is 0.273. The lowest BCUT2D eigenvalue weighted by Gasteiger charge is -2.08. The standard InChI is InChI=1S/C13H11Cl3N2O2/c1-2-19-7-12-17-11(16)6-13(18-12)20-8-3-4-9(14)10(15)5-8/h3-6H,2,7H2,1H3. The molecule has 2 rings (SSSR count). The van der Waals surface area contributed by atoms with Crippen LogP contribution in [0.15, 0.2) is 24.3 Å². The molecule has 2 aromatic rings. The number of rotatable bonds is 5. The summed E-state index contributed by atoms with van der Waals surface area (Å²) in [5.74, 6) is 1.28. The highest BCUT2D eigenvalue weighted by atomic mass is 35.5. The van der Waals surface area contributed by atoms with Crippen LogP contribution >= 0.6 is 34.8 Å². The minimum Gasteiger partial charge on any atom is -0.439 e. The first kappa shape index (κ1) is 15.3. The molecule has 0 fully saturated rings. The van der Waals surface area contributed by atoms with E-state index >= 15 is 0 Å². The quantitative estimate of drug-likeness (QED) is 0.740. The second kappa shape index (κ2) is 7.09. The highest BCUT2D eigenvalue weighted by Crippen LogP contribution is 2.29. The van der Waals surface area contributed by atoms with Crippen molar-refractivity contribution in [2.24, 2.45) is 0 Å². The van der Waals surface area contributed by atoms with E-state index in [-0.39, 0.29) is 11.8 Å². The van der Waals surface area contributed by atoms with Gasteiger partial charge in [0, 0.05) is 18.7 Å². The van der Waals surface area contributed by atoms with Crippen molar-refractivity contribution in [3.05, 3.63) is 45.3 Å². The van der Waals surface area contributed by atoms with E-state index in [1.807, 2.05) is 6.92 Å². The van der Waals surface area contributed by atoms with Crippen molar-refractivity contribution in [3.63, 3.8) is 0 Å². The van der Waals surface area contributed by atoms with Gasteiger partial charge in [0.2, 0.25) is 5.88 Å². The monoisotopic (exact) mass is 332 g/mol. The van der Waals surface area contributed by atoms with Crippen LogP contribution in [-0.2, 0) is 11.3 Å². The number of ether oxygens (including phenoxy) is 2. The second-order valence-corrected chi connectivity index (χ2v) is 4.96. The average Bonchev–Trinajstić information content (AvgIpc) is 2.40. The summed E-state index contributed by atoms with van der Waals surface area (Å²) < 4.78 is 10.8. The zero-order valence-electron chi connectivity index (χ0n) is 10.6. The van der Waals surface area contributed by atoms with Gasteiger partial charge in [-0.25, -0.2) is 4.98 Å². The third-order valence-electron chi connectivity index (χ3n) is 2.27. The molecule has 0 saturated heterocycles. The summed E-state index contributed by atoms with van der Waals surface area (Å²) in [4.78, 5) is 8.25. The molecule has 1 heterocycles. The van der Waals surface area contributed by atoms with Crippen LogP contribution in [0.3, 0.4) is 0 Å². The van der Waals surface area contributed by atoms with Crippen LogP contribution in [0.1, 0.15) is 12.7 Å². The molecule has 4 nitrogen and oxygen atoms in total. The maximum absolute atomic E-state index is 5.92. The predicted molar refractivity (Wildman–Crippen MR) is 78.9 cm³/mol. The van der Waals surface area contributed by atoms with E-state index in [0.717, 1.165) is 0 Å². The van der Waals surface area contributed by atoms with Gasteiger partial charge in [0.1, 0.15) is 17.5 Å². The Labute approximate surface area is 131 Å². The fourth-order valence-electron chi connectivity index (χ4n) is 1.41. The van der Waals surface area contributed by atoms with Crippen molar-refractivity contribution in [2.45, 2.75) is 13.5 Å². The van der Waals surface area contributed by atoms with Crippen LogP contribution < -0.4 is 4.74 Å². The molecule has 0 aliphatic carbocycles. The smallest absolute Gasteiger partial charge is 0.224 e. The Balaban J connectivity index is 2.19. The van der Waals surface area contributed by atoms with Gasteiger partial charge in [-0.05, 0) is 19.1 Å². The summed E-state index contributed by atoms with van der Waals surface area (Å²) in [7, 11) is 0. The van der Waals surface area contributed by atoms with Gasteiger partial charge in [-0.3, -0.25) is 0 Å². The van der Waals surface area contributed by atoms with Crippen LogP contribution in [0, 0.1) is 0 Å². The summed E-state index contributed by atoms with van der Waals surface area (Å²) in [6.07, 6.45) is 0. The van der Waals surface area contributed by atoms with Gasteiger partial charge in [-0.1, -0.05) is 34.8 Å². The molecule has 0 saturated carbocycles. The van der Waals surface area contributed by atoms with Gasteiger partial charge in [0.05, 0.1) is 10.0 Å². The molecule has 0 radical (unpaired) electrons. The third kappa shape index (κ3) is 4.21. The Morgan fingerprint density at radius 1 is 1.05 bits per heavy atom. The van der Waals surface area contributed by atoms with Crippen LogP contribution in [0.4, 0.5) is 0 Å². The molecular weight excluding hydrogens is 323 g/mol. The highest BCUT2D eigenvalue weighted by molar-refractivity contribution is 6.42. The molecule has 0 aliphatic rings. The maximum atomic E-state index is 5.92. The number of hydrogen-bond acceptors (Lipinski definition) is 4. The van der Waals surface area contributed by atoms with Crippen LogP contribution in [-0.4, -0.2) is 16.6 Å². The first-order valence-electron chi connectivity index (χ1n) is 5.82. The average molecular weight is 334 g/mol. The van der Waals surface area contributed by atoms with Crippen molar-refractivity contribution in [2.75, 3.05) is 6.61 Å². The fraction of sp³-hybridized carbons (Fsp3) is 0.231. The topological polar surface area (TPSA) is 44.2 Å². The second-order valence-electron chi connectivity index (χ2n) is 3.76. The number of nitrogens with zero attached hydrogens (tertiary/aromatic N) is 2.